The molecule has 3 aromatic rings. The Bertz CT molecular complexity index is 1220. The number of furan rings is 1. The molecule has 0 bridgehead atoms. The van der Waals surface area contributed by atoms with Gasteiger partial charge in [-0.3, -0.25) is 4.79 Å². The van der Waals surface area contributed by atoms with Crippen molar-refractivity contribution in [2.45, 2.75) is 56.9 Å². The van der Waals surface area contributed by atoms with Crippen molar-refractivity contribution in [1.29, 1.82) is 0 Å². The SMILES string of the molecule is CC(C)(C)NS(=O)(=O)c1cccc(NC(=O)Cc2coc3cc4c(cc23)CCC4)c1. The minimum atomic E-state index is -3.68. The van der Waals surface area contributed by atoms with Gasteiger partial charge in [-0.25, -0.2) is 13.1 Å². The molecule has 7 heteroatoms. The third kappa shape index (κ3) is 4.42. The predicted molar refractivity (Wildman–Crippen MR) is 117 cm³/mol. The van der Waals surface area contributed by atoms with Crippen molar-refractivity contribution in [1.82, 2.24) is 4.72 Å². The Balaban J connectivity index is 1.51. The summed E-state index contributed by atoms with van der Waals surface area (Å²) in [4.78, 5) is 12.7. The summed E-state index contributed by atoms with van der Waals surface area (Å²) in [6.45, 7) is 5.34. The lowest BCUT2D eigenvalue weighted by molar-refractivity contribution is -0.115. The van der Waals surface area contributed by atoms with E-state index in [1.54, 1.807) is 39.2 Å². The number of hydrogen-bond donors (Lipinski definition) is 2. The highest BCUT2D eigenvalue weighted by Crippen LogP contribution is 2.30. The van der Waals surface area contributed by atoms with E-state index in [1.807, 2.05) is 0 Å². The summed E-state index contributed by atoms with van der Waals surface area (Å²) in [6.07, 6.45) is 5.08. The minimum absolute atomic E-state index is 0.111. The largest absolute Gasteiger partial charge is 0.464 e. The predicted octanol–water partition coefficient (Wildman–Crippen LogP) is 4.18. The summed E-state index contributed by atoms with van der Waals surface area (Å²) in [5, 5.41) is 3.77. The summed E-state index contributed by atoms with van der Waals surface area (Å²) in [5.41, 5.74) is 4.13. The van der Waals surface area contributed by atoms with Gasteiger partial charge in [0, 0.05) is 22.2 Å². The van der Waals surface area contributed by atoms with Gasteiger partial charge in [-0.2, -0.15) is 0 Å². The molecule has 4 rings (SSSR count). The molecule has 6 nitrogen and oxygen atoms in total. The fourth-order valence-corrected chi connectivity index (χ4v) is 5.33. The first-order chi connectivity index (χ1) is 14.1. The first-order valence-electron chi connectivity index (χ1n) is 10.1. The molecule has 2 N–H and O–H groups in total. The molecular formula is C23H26N2O4S. The molecule has 0 atom stereocenters. The summed E-state index contributed by atoms with van der Waals surface area (Å²) in [6, 6.07) is 10.5. The van der Waals surface area contributed by atoms with E-state index in [0.29, 0.717) is 5.69 Å². The molecule has 2 aromatic carbocycles. The number of aryl methyl sites for hydroxylation is 2. The Morgan fingerprint density at radius 3 is 2.57 bits per heavy atom. The second-order valence-corrected chi connectivity index (χ2v) is 10.5. The lowest BCUT2D eigenvalue weighted by Gasteiger charge is -2.20. The van der Waals surface area contributed by atoms with E-state index in [1.165, 1.54) is 23.3 Å². The molecule has 1 aliphatic carbocycles. The average Bonchev–Trinajstić information content (AvgIpc) is 3.24. The van der Waals surface area contributed by atoms with Gasteiger partial charge in [0.25, 0.3) is 0 Å². The zero-order chi connectivity index (χ0) is 21.5. The highest BCUT2D eigenvalue weighted by atomic mass is 32.2. The van der Waals surface area contributed by atoms with Gasteiger partial charge in [0.2, 0.25) is 15.9 Å². The van der Waals surface area contributed by atoms with Gasteiger partial charge in [0.15, 0.2) is 0 Å². The molecule has 30 heavy (non-hydrogen) atoms. The monoisotopic (exact) mass is 426 g/mol. The van der Waals surface area contributed by atoms with Crippen LogP contribution in [0.1, 0.15) is 43.9 Å². The molecule has 1 heterocycles. The number of sulfonamides is 1. The quantitative estimate of drug-likeness (QED) is 0.641. The number of benzene rings is 2. The molecule has 0 unspecified atom stereocenters. The fourth-order valence-electron chi connectivity index (χ4n) is 3.87. The van der Waals surface area contributed by atoms with Gasteiger partial charge in [-0.05, 0) is 81.5 Å². The molecule has 1 aromatic heterocycles. The number of carbonyl (C=O) groups is 1. The number of anilines is 1. The van der Waals surface area contributed by atoms with E-state index < -0.39 is 15.6 Å². The van der Waals surface area contributed by atoms with Crippen LogP contribution in [0.5, 0.6) is 0 Å². The highest BCUT2D eigenvalue weighted by molar-refractivity contribution is 7.89. The van der Waals surface area contributed by atoms with Crippen molar-refractivity contribution in [2.24, 2.45) is 0 Å². The van der Waals surface area contributed by atoms with Crippen molar-refractivity contribution in [2.75, 3.05) is 5.32 Å². The molecule has 0 aliphatic heterocycles. The minimum Gasteiger partial charge on any atom is -0.464 e. The van der Waals surface area contributed by atoms with Crippen molar-refractivity contribution in [3.05, 3.63) is 59.4 Å². The highest BCUT2D eigenvalue weighted by Gasteiger charge is 2.22. The molecule has 0 saturated heterocycles. The third-order valence-corrected chi connectivity index (χ3v) is 6.84. The van der Waals surface area contributed by atoms with Crippen LogP contribution in [0.25, 0.3) is 11.0 Å². The number of carbonyl (C=O) groups excluding carboxylic acids is 1. The summed E-state index contributed by atoms with van der Waals surface area (Å²) >= 11 is 0. The maximum atomic E-state index is 12.6. The summed E-state index contributed by atoms with van der Waals surface area (Å²) < 4.78 is 33.4. The van der Waals surface area contributed by atoms with Gasteiger partial charge in [0.1, 0.15) is 5.58 Å². The molecule has 0 spiro atoms. The van der Waals surface area contributed by atoms with Gasteiger partial charge >= 0.3 is 0 Å². The standard InChI is InChI=1S/C23H26N2O4S/c1-23(2,3)25-30(27,28)19-9-5-8-18(13-19)24-22(26)12-17-14-29-21-11-16-7-4-6-15(16)10-20(17)21/h5,8-11,13-14,25H,4,6-7,12H2,1-3H3,(H,24,26). The van der Waals surface area contributed by atoms with E-state index >= 15 is 0 Å². The van der Waals surface area contributed by atoms with Crippen LogP contribution in [0.3, 0.4) is 0 Å². The Kier molecular flexibility index (Phi) is 5.20. The maximum absolute atomic E-state index is 12.6. The Labute approximate surface area is 176 Å². The van der Waals surface area contributed by atoms with Crippen molar-refractivity contribution >= 4 is 32.6 Å². The zero-order valence-electron chi connectivity index (χ0n) is 17.4. The number of amides is 1. The Morgan fingerprint density at radius 2 is 1.83 bits per heavy atom. The number of nitrogens with one attached hydrogen (secondary N) is 2. The lowest BCUT2D eigenvalue weighted by atomic mass is 10.0. The molecular weight excluding hydrogens is 400 g/mol. The van der Waals surface area contributed by atoms with E-state index in [4.69, 9.17) is 4.42 Å². The van der Waals surface area contributed by atoms with E-state index in [9.17, 15) is 13.2 Å². The number of hydrogen-bond acceptors (Lipinski definition) is 4. The Morgan fingerprint density at radius 1 is 1.10 bits per heavy atom. The smallest absolute Gasteiger partial charge is 0.241 e. The number of fused-ring (bicyclic) bond motifs is 2. The van der Waals surface area contributed by atoms with Crippen LogP contribution in [0.2, 0.25) is 0 Å². The van der Waals surface area contributed by atoms with Gasteiger partial charge in [-0.1, -0.05) is 6.07 Å². The first-order valence-corrected chi connectivity index (χ1v) is 11.5. The first kappa shape index (κ1) is 20.6. The van der Waals surface area contributed by atoms with Crippen LogP contribution in [0.15, 0.2) is 52.0 Å². The van der Waals surface area contributed by atoms with Crippen LogP contribution in [0, 0.1) is 0 Å². The van der Waals surface area contributed by atoms with Gasteiger partial charge in [0.05, 0.1) is 17.6 Å². The summed E-state index contributed by atoms with van der Waals surface area (Å²) in [5.74, 6) is -0.225. The van der Waals surface area contributed by atoms with Gasteiger partial charge < -0.3 is 9.73 Å². The topological polar surface area (TPSA) is 88.4 Å². The van der Waals surface area contributed by atoms with Gasteiger partial charge in [-0.15, -0.1) is 0 Å². The van der Waals surface area contributed by atoms with Crippen molar-refractivity contribution in [3.8, 4) is 0 Å². The van der Waals surface area contributed by atoms with Crippen LogP contribution < -0.4 is 10.0 Å². The third-order valence-electron chi connectivity index (χ3n) is 5.09. The molecule has 0 saturated carbocycles. The number of rotatable bonds is 5. The van der Waals surface area contributed by atoms with E-state index in [2.05, 4.69) is 22.2 Å². The Hall–Kier alpha value is -2.64. The zero-order valence-corrected chi connectivity index (χ0v) is 18.2. The molecule has 1 amide bonds. The average molecular weight is 427 g/mol. The fraction of sp³-hybridized carbons (Fsp3) is 0.348. The summed E-state index contributed by atoms with van der Waals surface area (Å²) in [7, 11) is -3.68. The van der Waals surface area contributed by atoms with Crippen LogP contribution in [-0.2, 0) is 34.1 Å². The maximum Gasteiger partial charge on any atom is 0.241 e. The van der Waals surface area contributed by atoms with E-state index in [0.717, 1.165) is 35.8 Å². The van der Waals surface area contributed by atoms with Crippen LogP contribution >= 0.6 is 0 Å². The normalized spacial score (nSPS) is 14.1. The molecule has 158 valence electrons. The second kappa shape index (κ2) is 7.56. The van der Waals surface area contributed by atoms with E-state index in [-0.39, 0.29) is 17.2 Å². The van der Waals surface area contributed by atoms with Crippen molar-refractivity contribution in [3.63, 3.8) is 0 Å². The van der Waals surface area contributed by atoms with Crippen molar-refractivity contribution < 1.29 is 17.6 Å². The molecule has 0 fully saturated rings. The molecule has 1 aliphatic rings. The lowest BCUT2D eigenvalue weighted by Crippen LogP contribution is -2.40. The molecule has 0 radical (unpaired) electrons. The van der Waals surface area contributed by atoms with Crippen LogP contribution in [-0.4, -0.2) is 19.9 Å². The van der Waals surface area contributed by atoms with Crippen LogP contribution in [0.4, 0.5) is 5.69 Å². The second-order valence-electron chi connectivity index (χ2n) is 8.84.